The lowest BCUT2D eigenvalue weighted by Gasteiger charge is -2.15. The number of carbonyl (C=O) groups is 4. The summed E-state index contributed by atoms with van der Waals surface area (Å²) in [5, 5.41) is 22.4. The molecule has 0 aromatic carbocycles. The summed E-state index contributed by atoms with van der Waals surface area (Å²) in [6.07, 6.45) is 43.9. The molecule has 0 rings (SSSR count). The van der Waals surface area contributed by atoms with E-state index < -0.39 is 24.5 Å². The highest BCUT2D eigenvalue weighted by Gasteiger charge is 2.18. The Kier molecular flexibility index (Phi) is 36.6. The van der Waals surface area contributed by atoms with Crippen LogP contribution in [0.3, 0.4) is 0 Å². The van der Waals surface area contributed by atoms with Gasteiger partial charge >= 0.3 is 11.9 Å². The van der Waals surface area contributed by atoms with Crippen molar-refractivity contribution in [3.05, 3.63) is 36.5 Å². The molecule has 0 aromatic rings. The number of rotatable bonds is 38. The molecular weight excluding hydrogens is 668 g/mol. The molecule has 0 saturated carbocycles. The molecular formula is C44H78N2O7. The molecule has 306 valence electrons. The zero-order valence-corrected chi connectivity index (χ0v) is 33.8. The predicted octanol–water partition coefficient (Wildman–Crippen LogP) is 10.2. The van der Waals surface area contributed by atoms with Gasteiger partial charge in [-0.05, 0) is 70.3 Å². The highest BCUT2D eigenvalue weighted by Crippen LogP contribution is 2.15. The van der Waals surface area contributed by atoms with E-state index in [-0.39, 0.29) is 30.9 Å². The Morgan fingerprint density at radius 1 is 0.585 bits per heavy atom. The number of nitrogens with one attached hydrogen (secondary N) is 2. The minimum atomic E-state index is -1.39. The zero-order chi connectivity index (χ0) is 39.0. The lowest BCUT2D eigenvalue weighted by Crippen LogP contribution is -2.47. The topological polar surface area (TPSA) is 142 Å². The fraction of sp³-hybridized carbons (Fsp3) is 0.773. The average molecular weight is 747 g/mol. The fourth-order valence-electron chi connectivity index (χ4n) is 6.01. The summed E-state index contributed by atoms with van der Waals surface area (Å²) >= 11 is 0. The smallest absolute Gasteiger partial charge is 0.328 e. The summed E-state index contributed by atoms with van der Waals surface area (Å²) in [5.74, 6) is -2.41. The summed E-state index contributed by atoms with van der Waals surface area (Å²) in [6.45, 7) is 3.33. The van der Waals surface area contributed by atoms with E-state index in [9.17, 15) is 19.2 Å². The van der Waals surface area contributed by atoms with Crippen molar-refractivity contribution >= 4 is 23.8 Å². The Hall–Kier alpha value is -2.94. The van der Waals surface area contributed by atoms with Crippen LogP contribution >= 0.6 is 0 Å². The lowest BCUT2D eigenvalue weighted by molar-refractivity contribution is -0.147. The number of ether oxygens (including phenoxy) is 1. The van der Waals surface area contributed by atoms with Crippen LogP contribution in [-0.2, 0) is 23.9 Å². The van der Waals surface area contributed by atoms with Gasteiger partial charge in [-0.25, -0.2) is 4.79 Å². The van der Waals surface area contributed by atoms with Gasteiger partial charge in [0.2, 0.25) is 11.8 Å². The van der Waals surface area contributed by atoms with Crippen molar-refractivity contribution in [1.82, 2.24) is 10.6 Å². The highest BCUT2D eigenvalue weighted by atomic mass is 16.5. The van der Waals surface area contributed by atoms with E-state index in [0.717, 1.165) is 57.8 Å². The molecule has 0 heterocycles. The van der Waals surface area contributed by atoms with Crippen molar-refractivity contribution in [1.29, 1.82) is 0 Å². The third-order valence-corrected chi connectivity index (χ3v) is 9.32. The number of carboxylic acid groups (broad SMARTS) is 1. The Morgan fingerprint density at radius 3 is 1.66 bits per heavy atom. The molecule has 2 unspecified atom stereocenters. The maximum atomic E-state index is 12.6. The van der Waals surface area contributed by atoms with Crippen molar-refractivity contribution in [2.45, 2.75) is 206 Å². The summed E-state index contributed by atoms with van der Waals surface area (Å²) in [5.41, 5.74) is 0. The molecule has 2 amide bonds. The van der Waals surface area contributed by atoms with Crippen LogP contribution in [0.2, 0.25) is 0 Å². The van der Waals surface area contributed by atoms with E-state index in [2.05, 4.69) is 54.9 Å². The van der Waals surface area contributed by atoms with Gasteiger partial charge in [0.15, 0.2) is 0 Å². The molecule has 0 aliphatic heterocycles. The number of hydrogen-bond donors (Lipinski definition) is 4. The molecule has 0 radical (unpaired) electrons. The highest BCUT2D eigenvalue weighted by molar-refractivity contribution is 5.87. The molecule has 0 aliphatic carbocycles. The van der Waals surface area contributed by atoms with E-state index >= 15 is 0 Å². The maximum absolute atomic E-state index is 12.6. The van der Waals surface area contributed by atoms with E-state index in [1.807, 2.05) is 6.08 Å². The Bertz CT molecular complexity index is 994. The number of aliphatic hydroxyl groups is 1. The van der Waals surface area contributed by atoms with Gasteiger partial charge in [-0.15, -0.1) is 0 Å². The van der Waals surface area contributed by atoms with E-state index in [0.29, 0.717) is 12.8 Å². The fourth-order valence-corrected chi connectivity index (χ4v) is 6.01. The first-order valence-corrected chi connectivity index (χ1v) is 21.4. The number of aliphatic hydroxyl groups excluding tert-OH is 1. The third-order valence-electron chi connectivity index (χ3n) is 9.32. The van der Waals surface area contributed by atoms with E-state index in [1.54, 1.807) is 0 Å². The normalized spacial score (nSPS) is 12.8. The molecule has 0 bridgehead atoms. The minimum Gasteiger partial charge on any atom is -0.480 e. The second-order valence-corrected chi connectivity index (χ2v) is 14.4. The molecule has 0 aliphatic rings. The Morgan fingerprint density at radius 2 is 1.11 bits per heavy atom. The number of carbonyl (C=O) groups excluding carboxylic acids is 3. The summed E-state index contributed by atoms with van der Waals surface area (Å²) in [6, 6.07) is -1.39. The minimum absolute atomic E-state index is 0.124. The van der Waals surface area contributed by atoms with Crippen molar-refractivity contribution in [2.75, 3.05) is 13.2 Å². The van der Waals surface area contributed by atoms with Gasteiger partial charge in [0.25, 0.3) is 0 Å². The lowest BCUT2D eigenvalue weighted by atomic mass is 10.0. The first-order valence-electron chi connectivity index (χ1n) is 21.4. The second kappa shape index (κ2) is 38.8. The zero-order valence-electron chi connectivity index (χ0n) is 33.8. The maximum Gasteiger partial charge on any atom is 0.328 e. The van der Waals surface area contributed by atoms with Gasteiger partial charge in [-0.2, -0.15) is 0 Å². The van der Waals surface area contributed by atoms with Crippen molar-refractivity contribution < 1.29 is 34.1 Å². The van der Waals surface area contributed by atoms with Gasteiger partial charge in [0, 0.05) is 12.8 Å². The van der Waals surface area contributed by atoms with E-state index in [1.165, 1.54) is 103 Å². The summed E-state index contributed by atoms with van der Waals surface area (Å²) in [7, 11) is 0. The van der Waals surface area contributed by atoms with Crippen LogP contribution in [0.4, 0.5) is 0 Å². The van der Waals surface area contributed by atoms with Crippen LogP contribution in [0.15, 0.2) is 36.5 Å². The number of unbranched alkanes of at least 4 members (excludes halogenated alkanes) is 20. The van der Waals surface area contributed by atoms with Crippen LogP contribution in [0.5, 0.6) is 0 Å². The van der Waals surface area contributed by atoms with Gasteiger partial charge < -0.3 is 25.6 Å². The molecule has 0 spiro atoms. The van der Waals surface area contributed by atoms with Crippen molar-refractivity contribution in [3.8, 4) is 0 Å². The Labute approximate surface area is 323 Å². The molecule has 9 nitrogen and oxygen atoms in total. The number of amides is 2. The SMILES string of the molecule is CCC/C=C\C(CCCCCCC(=O)NCC(=O)NC(CO)C(=O)O)OC(=O)CCCCCCCCCCCCC/C=C\C/C=C\CCCCCCC. The van der Waals surface area contributed by atoms with Crippen molar-refractivity contribution in [2.24, 2.45) is 0 Å². The van der Waals surface area contributed by atoms with Crippen molar-refractivity contribution in [3.63, 3.8) is 0 Å². The molecule has 2 atom stereocenters. The van der Waals surface area contributed by atoms with E-state index in [4.69, 9.17) is 14.9 Å². The molecule has 9 heteroatoms. The first kappa shape index (κ1) is 50.1. The quantitative estimate of drug-likeness (QED) is 0.0280. The van der Waals surface area contributed by atoms with Crippen LogP contribution in [0, 0.1) is 0 Å². The summed E-state index contributed by atoms with van der Waals surface area (Å²) < 4.78 is 5.81. The number of aliphatic carboxylic acids is 1. The van der Waals surface area contributed by atoms with Gasteiger partial charge in [0.05, 0.1) is 13.2 Å². The predicted molar refractivity (Wildman–Crippen MR) is 218 cm³/mol. The van der Waals surface area contributed by atoms with Crippen LogP contribution in [0.25, 0.3) is 0 Å². The number of carboxylic acids is 1. The van der Waals surface area contributed by atoms with Gasteiger partial charge in [-0.1, -0.05) is 147 Å². The van der Waals surface area contributed by atoms with Gasteiger partial charge in [-0.3, -0.25) is 14.4 Å². The van der Waals surface area contributed by atoms with Crippen LogP contribution < -0.4 is 10.6 Å². The first-order chi connectivity index (χ1) is 25.8. The van der Waals surface area contributed by atoms with Crippen LogP contribution in [-0.4, -0.2) is 59.3 Å². The Balaban J connectivity index is 3.84. The second-order valence-electron chi connectivity index (χ2n) is 14.4. The third kappa shape index (κ3) is 35.8. The number of hydrogen-bond acceptors (Lipinski definition) is 6. The number of allylic oxidation sites excluding steroid dienone is 5. The molecule has 53 heavy (non-hydrogen) atoms. The monoisotopic (exact) mass is 747 g/mol. The van der Waals surface area contributed by atoms with Gasteiger partial charge in [0.1, 0.15) is 12.1 Å². The van der Waals surface area contributed by atoms with Crippen LogP contribution in [0.1, 0.15) is 194 Å². The largest absolute Gasteiger partial charge is 0.480 e. The summed E-state index contributed by atoms with van der Waals surface area (Å²) in [4.78, 5) is 47.2. The molecule has 0 saturated heterocycles. The molecule has 0 fully saturated rings. The standard InChI is InChI=1S/C44H78N2O7/c1-3-5-7-8-9-10-11-12-13-14-15-16-17-18-19-20-21-22-23-24-25-26-32-36-43(50)53-39(33-29-6-4-2)34-30-27-28-31-35-41(48)45-37-42(49)46-40(38-47)44(51)52/h11-12,14-15,29,33,39-40,47H,3-10,13,16-28,30-32,34-38H2,1-2H3,(H,45,48)(H,46,49)(H,51,52)/b12-11-,15-14-,33-29-. The number of esters is 1. The molecule has 0 aromatic heterocycles. The molecule has 4 N–H and O–H groups in total. The average Bonchev–Trinajstić information content (AvgIpc) is 3.14.